The van der Waals surface area contributed by atoms with Crippen molar-refractivity contribution in [3.8, 4) is 0 Å². The van der Waals surface area contributed by atoms with Gasteiger partial charge in [0.25, 0.3) is 0 Å². The van der Waals surface area contributed by atoms with Gasteiger partial charge in [-0.3, -0.25) is 0 Å². The lowest BCUT2D eigenvalue weighted by atomic mass is 10.2. The Morgan fingerprint density at radius 2 is 2.25 bits per heavy atom. The zero-order valence-corrected chi connectivity index (χ0v) is 13.3. The Hall–Kier alpha value is -1.13. The highest BCUT2D eigenvalue weighted by molar-refractivity contribution is 5.42. The number of nitrogens with one attached hydrogen (secondary N) is 1. The Kier molecular flexibility index (Phi) is 5.38. The van der Waals surface area contributed by atoms with Crippen molar-refractivity contribution >= 4 is 5.82 Å². The van der Waals surface area contributed by atoms with Crippen LogP contribution in [-0.4, -0.2) is 49.7 Å². The standard InChI is InChI=1S/C16H28N4/c1-5-17-11-14-9-13(2)18-16(10-14)20(4)12-15-7-6-8-19(15)3/h9-10,15,17H,5-8,11-12H2,1-4H3. The zero-order chi connectivity index (χ0) is 14.5. The molecule has 20 heavy (non-hydrogen) atoms. The van der Waals surface area contributed by atoms with Crippen molar-refractivity contribution in [2.24, 2.45) is 0 Å². The van der Waals surface area contributed by atoms with Gasteiger partial charge >= 0.3 is 0 Å². The fourth-order valence-corrected chi connectivity index (χ4v) is 2.91. The summed E-state index contributed by atoms with van der Waals surface area (Å²) in [7, 11) is 4.39. The maximum Gasteiger partial charge on any atom is 0.128 e. The molecule has 1 N–H and O–H groups in total. The number of nitrogens with zero attached hydrogens (tertiary/aromatic N) is 3. The van der Waals surface area contributed by atoms with Crippen LogP contribution in [0.5, 0.6) is 0 Å². The lowest BCUT2D eigenvalue weighted by molar-refractivity contribution is 0.314. The topological polar surface area (TPSA) is 31.4 Å². The molecule has 1 unspecified atom stereocenters. The molecule has 2 rings (SSSR count). The number of likely N-dealkylation sites (N-methyl/N-ethyl adjacent to an activating group) is 2. The Labute approximate surface area is 123 Å². The fourth-order valence-electron chi connectivity index (χ4n) is 2.91. The fraction of sp³-hybridized carbons (Fsp3) is 0.688. The number of aromatic nitrogens is 1. The predicted octanol–water partition coefficient (Wildman–Crippen LogP) is 2.03. The van der Waals surface area contributed by atoms with Crippen molar-refractivity contribution in [3.63, 3.8) is 0 Å². The Morgan fingerprint density at radius 1 is 1.45 bits per heavy atom. The molecule has 1 aromatic rings. The summed E-state index contributed by atoms with van der Waals surface area (Å²) in [6.45, 7) is 8.42. The second-order valence-electron chi connectivity index (χ2n) is 5.91. The number of rotatable bonds is 6. The van der Waals surface area contributed by atoms with Crippen molar-refractivity contribution in [1.82, 2.24) is 15.2 Å². The van der Waals surface area contributed by atoms with Crippen LogP contribution in [0.2, 0.25) is 0 Å². The van der Waals surface area contributed by atoms with Crippen LogP contribution in [0.1, 0.15) is 31.0 Å². The SMILES string of the molecule is CCNCc1cc(C)nc(N(C)CC2CCCN2C)c1. The first kappa shape index (κ1) is 15.3. The van der Waals surface area contributed by atoms with Crippen LogP contribution in [0.25, 0.3) is 0 Å². The van der Waals surface area contributed by atoms with E-state index in [1.165, 1.54) is 24.9 Å². The summed E-state index contributed by atoms with van der Waals surface area (Å²) < 4.78 is 0. The van der Waals surface area contributed by atoms with Gasteiger partial charge in [0.1, 0.15) is 5.82 Å². The van der Waals surface area contributed by atoms with Crippen LogP contribution in [0.15, 0.2) is 12.1 Å². The minimum Gasteiger partial charge on any atom is -0.358 e. The third-order valence-electron chi connectivity index (χ3n) is 4.13. The summed E-state index contributed by atoms with van der Waals surface area (Å²) in [6, 6.07) is 5.05. The van der Waals surface area contributed by atoms with Gasteiger partial charge in [-0.15, -0.1) is 0 Å². The highest BCUT2D eigenvalue weighted by Gasteiger charge is 2.22. The first-order chi connectivity index (χ1) is 9.60. The number of pyridine rings is 1. The highest BCUT2D eigenvalue weighted by Crippen LogP contribution is 2.19. The second-order valence-corrected chi connectivity index (χ2v) is 5.91. The molecule has 0 amide bonds. The maximum absolute atomic E-state index is 4.69. The molecule has 1 aromatic heterocycles. The zero-order valence-electron chi connectivity index (χ0n) is 13.3. The van der Waals surface area contributed by atoms with Gasteiger partial charge in [-0.25, -0.2) is 4.98 Å². The van der Waals surface area contributed by atoms with Gasteiger partial charge in [0.2, 0.25) is 0 Å². The van der Waals surface area contributed by atoms with Crippen LogP contribution in [-0.2, 0) is 6.54 Å². The number of anilines is 1. The minimum atomic E-state index is 0.666. The Morgan fingerprint density at radius 3 is 2.90 bits per heavy atom. The Balaban J connectivity index is 2.04. The van der Waals surface area contributed by atoms with Crippen molar-refractivity contribution in [1.29, 1.82) is 0 Å². The minimum absolute atomic E-state index is 0.666. The van der Waals surface area contributed by atoms with Crippen molar-refractivity contribution in [3.05, 3.63) is 23.4 Å². The molecular weight excluding hydrogens is 248 g/mol. The van der Waals surface area contributed by atoms with Crippen molar-refractivity contribution in [2.45, 2.75) is 39.3 Å². The molecule has 1 atom stereocenters. The molecule has 2 heterocycles. The lowest BCUT2D eigenvalue weighted by Gasteiger charge is -2.27. The van der Waals surface area contributed by atoms with Gasteiger partial charge in [-0.2, -0.15) is 0 Å². The van der Waals surface area contributed by atoms with E-state index in [9.17, 15) is 0 Å². The van der Waals surface area contributed by atoms with Crippen molar-refractivity contribution < 1.29 is 0 Å². The van der Waals surface area contributed by atoms with E-state index in [1.54, 1.807) is 0 Å². The van der Waals surface area contributed by atoms with Crippen LogP contribution < -0.4 is 10.2 Å². The summed E-state index contributed by atoms with van der Waals surface area (Å²) >= 11 is 0. The molecule has 1 fully saturated rings. The molecular formula is C16H28N4. The average molecular weight is 276 g/mol. The van der Waals surface area contributed by atoms with E-state index in [-0.39, 0.29) is 0 Å². The number of aryl methyl sites for hydroxylation is 1. The second kappa shape index (κ2) is 7.04. The quantitative estimate of drug-likeness (QED) is 0.861. The first-order valence-electron chi connectivity index (χ1n) is 7.69. The Bertz CT molecular complexity index is 432. The average Bonchev–Trinajstić information content (AvgIpc) is 2.81. The van der Waals surface area contributed by atoms with E-state index in [1.807, 2.05) is 0 Å². The van der Waals surface area contributed by atoms with Gasteiger partial charge in [-0.05, 0) is 57.6 Å². The monoisotopic (exact) mass is 276 g/mol. The van der Waals surface area contributed by atoms with Gasteiger partial charge < -0.3 is 15.1 Å². The molecule has 0 radical (unpaired) electrons. The number of hydrogen-bond donors (Lipinski definition) is 1. The largest absolute Gasteiger partial charge is 0.358 e. The number of likely N-dealkylation sites (tertiary alicyclic amines) is 1. The third-order valence-corrected chi connectivity index (χ3v) is 4.13. The van der Waals surface area contributed by atoms with E-state index in [0.29, 0.717) is 6.04 Å². The van der Waals surface area contributed by atoms with E-state index >= 15 is 0 Å². The van der Waals surface area contributed by atoms with Crippen LogP contribution in [0.4, 0.5) is 5.82 Å². The van der Waals surface area contributed by atoms with Crippen molar-refractivity contribution in [2.75, 3.05) is 38.6 Å². The summed E-state index contributed by atoms with van der Waals surface area (Å²) in [5.41, 5.74) is 2.42. The van der Waals surface area contributed by atoms with Crippen LogP contribution in [0.3, 0.4) is 0 Å². The van der Waals surface area contributed by atoms with E-state index in [0.717, 1.165) is 31.1 Å². The molecule has 1 saturated heterocycles. The predicted molar refractivity (Wildman–Crippen MR) is 85.3 cm³/mol. The molecule has 112 valence electrons. The summed E-state index contributed by atoms with van der Waals surface area (Å²) in [5.74, 6) is 1.10. The molecule has 1 aliphatic heterocycles. The molecule has 4 nitrogen and oxygen atoms in total. The molecule has 4 heteroatoms. The van der Waals surface area contributed by atoms with E-state index in [2.05, 4.69) is 60.2 Å². The van der Waals surface area contributed by atoms with Crippen LogP contribution >= 0.6 is 0 Å². The molecule has 0 bridgehead atoms. The third kappa shape index (κ3) is 3.93. The molecule has 0 aromatic carbocycles. The van der Waals surface area contributed by atoms with E-state index < -0.39 is 0 Å². The molecule has 0 spiro atoms. The highest BCUT2D eigenvalue weighted by atomic mass is 15.2. The van der Waals surface area contributed by atoms with Gasteiger partial charge in [0.15, 0.2) is 0 Å². The van der Waals surface area contributed by atoms with Gasteiger partial charge in [0.05, 0.1) is 0 Å². The summed E-state index contributed by atoms with van der Waals surface area (Å²) in [6.07, 6.45) is 2.62. The molecule has 0 aliphatic carbocycles. The smallest absolute Gasteiger partial charge is 0.128 e. The maximum atomic E-state index is 4.69. The molecule has 0 saturated carbocycles. The van der Waals surface area contributed by atoms with Gasteiger partial charge in [-0.1, -0.05) is 6.92 Å². The lowest BCUT2D eigenvalue weighted by Crippen LogP contribution is -2.37. The van der Waals surface area contributed by atoms with Gasteiger partial charge in [0, 0.05) is 31.9 Å². The molecule has 1 aliphatic rings. The first-order valence-corrected chi connectivity index (χ1v) is 7.69. The van der Waals surface area contributed by atoms with Crippen LogP contribution in [0, 0.1) is 6.92 Å². The normalized spacial score (nSPS) is 19.5. The summed E-state index contributed by atoms with van der Waals surface area (Å²) in [5, 5.41) is 3.38. The van der Waals surface area contributed by atoms with E-state index in [4.69, 9.17) is 0 Å². The summed E-state index contributed by atoms with van der Waals surface area (Å²) in [4.78, 5) is 9.45. The number of hydrogen-bond acceptors (Lipinski definition) is 4.